The molecule has 0 saturated carbocycles. The second-order valence-electron chi connectivity index (χ2n) is 6.36. The van der Waals surface area contributed by atoms with Crippen molar-refractivity contribution in [2.45, 2.75) is 17.4 Å². The Kier molecular flexibility index (Phi) is 8.47. The molecule has 2 aromatic carbocycles. The van der Waals surface area contributed by atoms with E-state index >= 15 is 0 Å². The van der Waals surface area contributed by atoms with Gasteiger partial charge < -0.3 is 27.0 Å². The number of amides is 1. The molecule has 3 rings (SSSR count). The van der Waals surface area contributed by atoms with Gasteiger partial charge in [-0.05, 0) is 24.3 Å². The van der Waals surface area contributed by atoms with Crippen LogP contribution in [-0.2, 0) is 14.8 Å². The van der Waals surface area contributed by atoms with Crippen LogP contribution in [0.5, 0.6) is 5.75 Å². The topological polar surface area (TPSA) is 114 Å². The number of halogens is 1. The van der Waals surface area contributed by atoms with Crippen LogP contribution in [0, 0.1) is 6.08 Å². The molecule has 2 aromatic rings. The molecule has 10 heteroatoms. The molecule has 0 radical (unpaired) electrons. The maximum Gasteiger partial charge on any atom is 0.351 e. The van der Waals surface area contributed by atoms with Crippen molar-refractivity contribution in [1.29, 1.82) is 0 Å². The minimum atomic E-state index is -3.94. The third-order valence-corrected chi connectivity index (χ3v) is 5.56. The third-order valence-electron chi connectivity index (χ3n) is 4.30. The molecule has 8 nitrogen and oxygen atoms in total. The average molecular weight is 506 g/mol. The average Bonchev–Trinajstić information content (AvgIpc) is 2.78. The van der Waals surface area contributed by atoms with E-state index in [-0.39, 0.29) is 45.7 Å². The minimum absolute atomic E-state index is 0. The highest BCUT2D eigenvalue weighted by Gasteiger charge is 2.26. The SMILES string of the molecule is COc1ccc(S(=O)(=O)NNC(=O)C2=CNC(CC(=O)c3ccccc3)[C+]=C2)cc1.[Br-]. The van der Waals surface area contributed by atoms with Gasteiger partial charge >= 0.3 is 5.91 Å². The normalized spacial score (nSPS) is 14.9. The van der Waals surface area contributed by atoms with Gasteiger partial charge in [0.1, 0.15) is 5.75 Å². The van der Waals surface area contributed by atoms with Crippen molar-refractivity contribution in [1.82, 2.24) is 15.6 Å². The number of carbonyl (C=O) groups excluding carboxylic acids is 2. The van der Waals surface area contributed by atoms with Crippen LogP contribution in [0.2, 0.25) is 0 Å². The first-order valence-electron chi connectivity index (χ1n) is 8.99. The highest BCUT2D eigenvalue weighted by molar-refractivity contribution is 7.89. The van der Waals surface area contributed by atoms with Crippen molar-refractivity contribution < 1.29 is 39.7 Å². The Bertz CT molecular complexity index is 1080. The van der Waals surface area contributed by atoms with Crippen LogP contribution in [-0.4, -0.2) is 33.3 Å². The van der Waals surface area contributed by atoms with Crippen LogP contribution in [0.15, 0.2) is 77.3 Å². The molecule has 0 fully saturated rings. The predicted octanol–water partition coefficient (Wildman–Crippen LogP) is -1.50. The predicted molar refractivity (Wildman–Crippen MR) is 110 cm³/mol. The quantitative estimate of drug-likeness (QED) is 0.228. The number of ketones is 1. The lowest BCUT2D eigenvalue weighted by Gasteiger charge is -2.11. The van der Waals surface area contributed by atoms with Gasteiger partial charge in [0.05, 0.1) is 30.7 Å². The molecule has 1 atom stereocenters. The van der Waals surface area contributed by atoms with Gasteiger partial charge in [0.2, 0.25) is 0 Å². The summed E-state index contributed by atoms with van der Waals surface area (Å²) in [5.74, 6) is -0.208. The molecule has 0 aliphatic carbocycles. The van der Waals surface area contributed by atoms with Crippen molar-refractivity contribution in [3.05, 3.63) is 84.1 Å². The van der Waals surface area contributed by atoms with Crippen LogP contribution in [0.3, 0.4) is 0 Å². The summed E-state index contributed by atoms with van der Waals surface area (Å²) in [5, 5.41) is 2.92. The zero-order valence-electron chi connectivity index (χ0n) is 16.5. The second-order valence-corrected chi connectivity index (χ2v) is 8.04. The largest absolute Gasteiger partial charge is 1.00 e. The fourth-order valence-electron chi connectivity index (χ4n) is 2.65. The summed E-state index contributed by atoms with van der Waals surface area (Å²) in [6.07, 6.45) is 5.92. The van der Waals surface area contributed by atoms with E-state index in [1.165, 1.54) is 43.7 Å². The highest BCUT2D eigenvalue weighted by Crippen LogP contribution is 2.15. The molecule has 1 aliphatic heterocycles. The van der Waals surface area contributed by atoms with Crippen molar-refractivity contribution in [2.75, 3.05) is 7.11 Å². The monoisotopic (exact) mass is 505 g/mol. The van der Waals surface area contributed by atoms with Gasteiger partial charge in [0.25, 0.3) is 10.0 Å². The molecule has 3 N–H and O–H groups in total. The molecular weight excluding hydrogens is 486 g/mol. The zero-order valence-corrected chi connectivity index (χ0v) is 18.9. The van der Waals surface area contributed by atoms with E-state index < -0.39 is 15.9 Å². The maximum atomic E-state index is 12.3. The van der Waals surface area contributed by atoms with E-state index in [0.29, 0.717) is 11.3 Å². The number of nitrogens with one attached hydrogen (secondary N) is 3. The lowest BCUT2D eigenvalue weighted by atomic mass is 10.0. The van der Waals surface area contributed by atoms with E-state index in [9.17, 15) is 18.0 Å². The third kappa shape index (κ3) is 6.47. The van der Waals surface area contributed by atoms with Gasteiger partial charge in [-0.1, -0.05) is 30.3 Å². The Morgan fingerprint density at radius 1 is 1.10 bits per heavy atom. The molecule has 1 heterocycles. The zero-order chi connectivity index (χ0) is 21.6. The number of rotatable bonds is 8. The summed E-state index contributed by atoms with van der Waals surface area (Å²) in [7, 11) is -2.47. The van der Waals surface area contributed by atoms with Gasteiger partial charge in [0.15, 0.2) is 23.5 Å². The summed E-state index contributed by atoms with van der Waals surface area (Å²) in [4.78, 5) is 26.5. The Balaban J connectivity index is 0.00000341. The number of hydrogen-bond donors (Lipinski definition) is 3. The van der Waals surface area contributed by atoms with Crippen LogP contribution in [0.1, 0.15) is 16.8 Å². The number of benzene rings is 2. The van der Waals surface area contributed by atoms with Gasteiger partial charge in [-0.3, -0.25) is 10.2 Å². The molecule has 1 amide bonds. The van der Waals surface area contributed by atoms with E-state index in [0.717, 1.165) is 0 Å². The summed E-state index contributed by atoms with van der Waals surface area (Å²) >= 11 is 0. The number of dihydropyridines is 1. The van der Waals surface area contributed by atoms with Gasteiger partial charge in [-0.2, -0.15) is 0 Å². The summed E-state index contributed by atoms with van der Waals surface area (Å²) in [6.45, 7) is 0. The van der Waals surface area contributed by atoms with Crippen LogP contribution in [0.25, 0.3) is 0 Å². The summed E-state index contributed by atoms with van der Waals surface area (Å²) in [6, 6.07) is 14.2. The van der Waals surface area contributed by atoms with Gasteiger partial charge in [-0.15, -0.1) is 4.83 Å². The summed E-state index contributed by atoms with van der Waals surface area (Å²) < 4.78 is 29.5. The Morgan fingerprint density at radius 3 is 2.35 bits per heavy atom. The summed E-state index contributed by atoms with van der Waals surface area (Å²) in [5.41, 5.74) is 2.91. The first-order valence-corrected chi connectivity index (χ1v) is 10.5. The first kappa shape index (κ1) is 24.2. The lowest BCUT2D eigenvalue weighted by Crippen LogP contribution is -3.00. The van der Waals surface area contributed by atoms with Gasteiger partial charge in [-0.25, -0.2) is 13.2 Å². The number of methoxy groups -OCH3 is 1. The molecule has 31 heavy (non-hydrogen) atoms. The van der Waals surface area contributed by atoms with Crippen LogP contribution >= 0.6 is 0 Å². The van der Waals surface area contributed by atoms with E-state index in [4.69, 9.17) is 4.74 Å². The standard InChI is InChI=1S/C21H19N3O5S.BrH/c1-29-18-9-11-19(12-10-18)30(27,28)24-23-21(26)16-7-8-17(22-14-16)13-20(25)15-5-3-2-4-6-15;/h2-7,9-12,14,17,24H,13H2,1H3,(H-,22,23,26);1H. The Hall–Kier alpha value is -3.04. The van der Waals surface area contributed by atoms with Crippen LogP contribution < -0.4 is 37.3 Å². The molecule has 0 saturated heterocycles. The number of carbonyl (C=O) groups is 2. The van der Waals surface area contributed by atoms with Crippen molar-refractivity contribution in [3.8, 4) is 5.75 Å². The van der Waals surface area contributed by atoms with E-state index in [2.05, 4.69) is 16.8 Å². The molecule has 0 spiro atoms. The molecule has 1 aliphatic rings. The fourth-order valence-corrected chi connectivity index (χ4v) is 3.49. The fraction of sp³-hybridized carbons (Fsp3) is 0.143. The van der Waals surface area contributed by atoms with Crippen molar-refractivity contribution in [2.24, 2.45) is 0 Å². The molecular formula is C21H20BrN3O5S. The number of Topliss-reactive ketones (excluding diaryl/α,β-unsaturated/α-hetero) is 1. The van der Waals surface area contributed by atoms with Gasteiger partial charge in [0, 0.05) is 5.56 Å². The molecule has 162 valence electrons. The molecule has 0 bridgehead atoms. The first-order chi connectivity index (χ1) is 14.4. The van der Waals surface area contributed by atoms with Crippen molar-refractivity contribution in [3.63, 3.8) is 0 Å². The second kappa shape index (κ2) is 10.8. The lowest BCUT2D eigenvalue weighted by molar-refractivity contribution is -0.117. The van der Waals surface area contributed by atoms with E-state index in [1.54, 1.807) is 24.3 Å². The van der Waals surface area contributed by atoms with E-state index in [1.807, 2.05) is 10.9 Å². The number of hydrazine groups is 1. The Labute approximate surface area is 191 Å². The smallest absolute Gasteiger partial charge is 0.351 e. The van der Waals surface area contributed by atoms with Crippen LogP contribution in [0.4, 0.5) is 0 Å². The minimum Gasteiger partial charge on any atom is -1.00 e. The number of ether oxygens (including phenoxy) is 1. The Morgan fingerprint density at radius 2 is 1.77 bits per heavy atom. The number of sulfonamides is 1. The number of hydrogen-bond acceptors (Lipinski definition) is 6. The van der Waals surface area contributed by atoms with Crippen molar-refractivity contribution >= 4 is 21.7 Å². The maximum absolute atomic E-state index is 12.3. The molecule has 0 aromatic heterocycles. The highest BCUT2D eigenvalue weighted by atomic mass is 79.9. The molecule has 1 unspecified atom stereocenters.